The largest absolute Gasteiger partial charge is 0.394 e. The molecule has 0 saturated heterocycles. The highest BCUT2D eigenvalue weighted by Crippen LogP contribution is 2.22. The summed E-state index contributed by atoms with van der Waals surface area (Å²) >= 11 is 0. The van der Waals surface area contributed by atoms with Gasteiger partial charge in [-0.3, -0.25) is 4.79 Å². The molecule has 1 unspecified atom stereocenters. The molecule has 0 aromatic heterocycles. The summed E-state index contributed by atoms with van der Waals surface area (Å²) in [7, 11) is -3.45. The first-order chi connectivity index (χ1) is 10.4. The van der Waals surface area contributed by atoms with E-state index < -0.39 is 10.0 Å². The Balaban J connectivity index is 1.98. The van der Waals surface area contributed by atoms with Gasteiger partial charge in [-0.1, -0.05) is 12.1 Å². The summed E-state index contributed by atoms with van der Waals surface area (Å²) in [5.74, 6) is -0.311. The van der Waals surface area contributed by atoms with E-state index >= 15 is 0 Å². The van der Waals surface area contributed by atoms with Gasteiger partial charge in [-0.15, -0.1) is 0 Å². The van der Waals surface area contributed by atoms with Crippen LogP contribution in [0.25, 0.3) is 6.08 Å². The molecular weight excluding hydrogens is 304 g/mol. The molecule has 22 heavy (non-hydrogen) atoms. The number of aliphatic hydroxyl groups is 1. The predicted molar refractivity (Wildman–Crippen MR) is 83.5 cm³/mol. The second-order valence-corrected chi connectivity index (χ2v) is 7.10. The lowest BCUT2D eigenvalue weighted by Crippen LogP contribution is -2.33. The van der Waals surface area contributed by atoms with Crippen LogP contribution in [-0.4, -0.2) is 38.1 Å². The van der Waals surface area contributed by atoms with Crippen molar-refractivity contribution >= 4 is 22.0 Å². The average molecular weight is 324 g/mol. The van der Waals surface area contributed by atoms with Gasteiger partial charge < -0.3 is 10.4 Å². The third-order valence-corrected chi connectivity index (χ3v) is 4.72. The molecule has 0 radical (unpaired) electrons. The molecule has 1 aliphatic carbocycles. The van der Waals surface area contributed by atoms with Gasteiger partial charge in [-0.05, 0) is 43.5 Å². The van der Waals surface area contributed by atoms with Crippen LogP contribution in [0.1, 0.15) is 25.3 Å². The number of nitrogens with one attached hydrogen (secondary N) is 2. The number of hydrogen-bond acceptors (Lipinski definition) is 4. The Hall–Kier alpha value is -1.70. The van der Waals surface area contributed by atoms with Gasteiger partial charge >= 0.3 is 0 Å². The van der Waals surface area contributed by atoms with Crippen LogP contribution >= 0.6 is 0 Å². The molecule has 0 bridgehead atoms. The predicted octanol–water partition coefficient (Wildman–Crippen LogP) is 0.637. The Kier molecular flexibility index (Phi) is 5.33. The van der Waals surface area contributed by atoms with E-state index in [1.165, 1.54) is 18.2 Å². The van der Waals surface area contributed by atoms with E-state index in [1.807, 2.05) is 0 Å². The van der Waals surface area contributed by atoms with Crippen molar-refractivity contribution in [1.29, 1.82) is 0 Å². The molecule has 1 atom stereocenters. The maximum absolute atomic E-state index is 12.0. The van der Waals surface area contributed by atoms with E-state index in [1.54, 1.807) is 25.1 Å². The molecule has 2 rings (SSSR count). The highest BCUT2D eigenvalue weighted by molar-refractivity contribution is 7.89. The second-order valence-electron chi connectivity index (χ2n) is 5.39. The Morgan fingerprint density at radius 1 is 1.36 bits per heavy atom. The van der Waals surface area contributed by atoms with E-state index in [9.17, 15) is 13.2 Å². The van der Waals surface area contributed by atoms with E-state index in [0.29, 0.717) is 0 Å². The third-order valence-electron chi connectivity index (χ3n) is 3.18. The van der Waals surface area contributed by atoms with Crippen LogP contribution < -0.4 is 10.0 Å². The molecule has 1 aromatic rings. The molecule has 3 N–H and O–H groups in total. The van der Waals surface area contributed by atoms with Gasteiger partial charge in [0.2, 0.25) is 15.9 Å². The van der Waals surface area contributed by atoms with E-state index in [4.69, 9.17) is 5.11 Å². The highest BCUT2D eigenvalue weighted by atomic mass is 32.2. The molecule has 1 fully saturated rings. The zero-order valence-corrected chi connectivity index (χ0v) is 13.1. The van der Waals surface area contributed by atoms with Gasteiger partial charge in [0.25, 0.3) is 0 Å². The Bertz CT molecular complexity index is 649. The van der Waals surface area contributed by atoms with Crippen LogP contribution in [0.3, 0.4) is 0 Å². The summed E-state index contributed by atoms with van der Waals surface area (Å²) in [5, 5.41) is 11.4. The van der Waals surface area contributed by atoms with Crippen molar-refractivity contribution in [2.75, 3.05) is 6.61 Å². The average Bonchev–Trinajstić information content (AvgIpc) is 3.28. The van der Waals surface area contributed by atoms with Crippen molar-refractivity contribution in [2.24, 2.45) is 0 Å². The second kappa shape index (κ2) is 7.04. The fourth-order valence-electron chi connectivity index (χ4n) is 1.76. The van der Waals surface area contributed by atoms with Gasteiger partial charge in [0.15, 0.2) is 0 Å². The summed E-state index contributed by atoms with van der Waals surface area (Å²) in [6.45, 7) is 1.57. The SMILES string of the molecule is CC(CO)NC(=O)/C=C/c1ccc(S(=O)(=O)NC2CC2)cc1. The minimum Gasteiger partial charge on any atom is -0.394 e. The van der Waals surface area contributed by atoms with Crippen molar-refractivity contribution in [2.45, 2.75) is 36.7 Å². The maximum Gasteiger partial charge on any atom is 0.244 e. The number of carbonyl (C=O) groups is 1. The molecular formula is C15H20N2O4S. The molecule has 7 heteroatoms. The van der Waals surface area contributed by atoms with Gasteiger partial charge in [0, 0.05) is 18.2 Å². The van der Waals surface area contributed by atoms with Crippen molar-refractivity contribution in [3.8, 4) is 0 Å². The topological polar surface area (TPSA) is 95.5 Å². The highest BCUT2D eigenvalue weighted by Gasteiger charge is 2.27. The summed E-state index contributed by atoms with van der Waals surface area (Å²) in [5.41, 5.74) is 0.720. The molecule has 6 nitrogen and oxygen atoms in total. The van der Waals surface area contributed by atoms with Crippen molar-refractivity contribution in [3.05, 3.63) is 35.9 Å². The van der Waals surface area contributed by atoms with E-state index in [2.05, 4.69) is 10.0 Å². The quantitative estimate of drug-likeness (QED) is 0.641. The van der Waals surface area contributed by atoms with Crippen molar-refractivity contribution in [3.63, 3.8) is 0 Å². The molecule has 1 aromatic carbocycles. The van der Waals surface area contributed by atoms with Gasteiger partial charge in [-0.2, -0.15) is 0 Å². The Morgan fingerprint density at radius 2 is 2.00 bits per heavy atom. The lowest BCUT2D eigenvalue weighted by molar-refractivity contribution is -0.117. The fraction of sp³-hybridized carbons (Fsp3) is 0.400. The van der Waals surface area contributed by atoms with Crippen LogP contribution in [0, 0.1) is 0 Å². The molecule has 0 spiro atoms. The zero-order valence-electron chi connectivity index (χ0n) is 12.3. The van der Waals surface area contributed by atoms with Crippen LogP contribution in [0.4, 0.5) is 0 Å². The van der Waals surface area contributed by atoms with Gasteiger partial charge in [0.1, 0.15) is 0 Å². The van der Waals surface area contributed by atoms with Gasteiger partial charge in [-0.25, -0.2) is 13.1 Å². The van der Waals surface area contributed by atoms with E-state index in [0.717, 1.165) is 18.4 Å². The molecule has 1 amide bonds. The standard InChI is InChI=1S/C15H20N2O4S/c1-11(10-18)16-15(19)9-4-12-2-7-14(8-3-12)22(20,21)17-13-5-6-13/h2-4,7-9,11,13,17-18H,5-6,10H2,1H3,(H,16,19)/b9-4+. The lowest BCUT2D eigenvalue weighted by Gasteiger charge is -2.07. The van der Waals surface area contributed by atoms with Gasteiger partial charge in [0.05, 0.1) is 11.5 Å². The molecule has 0 aliphatic heterocycles. The number of carbonyl (C=O) groups excluding carboxylic acids is 1. The summed E-state index contributed by atoms with van der Waals surface area (Å²) in [6, 6.07) is 6.07. The maximum atomic E-state index is 12.0. The monoisotopic (exact) mass is 324 g/mol. The fourth-order valence-corrected chi connectivity index (χ4v) is 3.06. The number of benzene rings is 1. The van der Waals surface area contributed by atoms with Crippen LogP contribution in [0.15, 0.2) is 35.2 Å². The zero-order chi connectivity index (χ0) is 16.2. The first kappa shape index (κ1) is 16.7. The lowest BCUT2D eigenvalue weighted by atomic mass is 10.2. The number of rotatable bonds is 7. The van der Waals surface area contributed by atoms with E-state index in [-0.39, 0.29) is 29.5 Å². The summed E-state index contributed by atoms with van der Waals surface area (Å²) < 4.78 is 26.6. The number of aliphatic hydroxyl groups excluding tert-OH is 1. The Labute approximate surface area is 130 Å². The summed E-state index contributed by atoms with van der Waals surface area (Å²) in [6.07, 6.45) is 4.71. The first-order valence-electron chi connectivity index (χ1n) is 7.12. The number of hydrogen-bond donors (Lipinski definition) is 3. The van der Waals surface area contributed by atoms with Crippen LogP contribution in [0.2, 0.25) is 0 Å². The smallest absolute Gasteiger partial charge is 0.244 e. The van der Waals surface area contributed by atoms with Crippen molar-refractivity contribution < 1.29 is 18.3 Å². The minimum atomic E-state index is -3.45. The van der Waals surface area contributed by atoms with Crippen molar-refractivity contribution in [1.82, 2.24) is 10.0 Å². The first-order valence-corrected chi connectivity index (χ1v) is 8.61. The van der Waals surface area contributed by atoms with Crippen LogP contribution in [-0.2, 0) is 14.8 Å². The Morgan fingerprint density at radius 3 is 2.55 bits per heavy atom. The molecule has 1 aliphatic rings. The normalized spacial score (nSPS) is 16.6. The molecule has 120 valence electrons. The molecule has 0 heterocycles. The van der Waals surface area contributed by atoms with Crippen LogP contribution in [0.5, 0.6) is 0 Å². The number of sulfonamides is 1. The minimum absolute atomic E-state index is 0.0711. The number of amides is 1. The molecule has 1 saturated carbocycles. The third kappa shape index (κ3) is 4.94. The summed E-state index contributed by atoms with van der Waals surface area (Å²) in [4.78, 5) is 11.7.